The van der Waals surface area contributed by atoms with Crippen LogP contribution in [0.15, 0.2) is 71.8 Å². The summed E-state index contributed by atoms with van der Waals surface area (Å²) >= 11 is 0. The molecule has 0 fully saturated rings. The molecule has 0 saturated carbocycles. The van der Waals surface area contributed by atoms with E-state index in [2.05, 4.69) is 5.10 Å². The van der Waals surface area contributed by atoms with Crippen molar-refractivity contribution < 1.29 is 4.79 Å². The summed E-state index contributed by atoms with van der Waals surface area (Å²) in [5.41, 5.74) is 3.11. The number of benzene rings is 2. The van der Waals surface area contributed by atoms with E-state index in [-0.39, 0.29) is 5.78 Å². The lowest BCUT2D eigenvalue weighted by atomic mass is 10.1. The van der Waals surface area contributed by atoms with Gasteiger partial charge in [-0.05, 0) is 23.8 Å². The van der Waals surface area contributed by atoms with E-state index < -0.39 is 0 Å². The molecule has 4 rings (SSSR count). The smallest absolute Gasteiger partial charge is 0.231 e. The van der Waals surface area contributed by atoms with Crippen LogP contribution >= 0.6 is 0 Å². The molecule has 3 nitrogen and oxygen atoms in total. The Morgan fingerprint density at radius 1 is 0.905 bits per heavy atom. The normalized spacial score (nSPS) is 13.9. The van der Waals surface area contributed by atoms with Crippen molar-refractivity contribution in [1.82, 2.24) is 4.68 Å². The molecular formula is C18H12N2O. The monoisotopic (exact) mass is 272 g/mol. The van der Waals surface area contributed by atoms with Crippen LogP contribution in [0, 0.1) is 0 Å². The molecule has 1 aromatic heterocycles. The van der Waals surface area contributed by atoms with Gasteiger partial charge >= 0.3 is 0 Å². The van der Waals surface area contributed by atoms with E-state index >= 15 is 0 Å². The Kier molecular flexibility index (Phi) is 2.57. The molecule has 1 aliphatic heterocycles. The van der Waals surface area contributed by atoms with Crippen molar-refractivity contribution in [2.45, 2.75) is 0 Å². The fourth-order valence-corrected chi connectivity index (χ4v) is 2.54. The first kappa shape index (κ1) is 11.9. The minimum absolute atomic E-state index is 0.0293. The maximum absolute atomic E-state index is 12.4. The van der Waals surface area contributed by atoms with Crippen LogP contribution in [0.25, 0.3) is 17.0 Å². The van der Waals surface area contributed by atoms with Gasteiger partial charge in [0.15, 0.2) is 0 Å². The van der Waals surface area contributed by atoms with Gasteiger partial charge in [0, 0.05) is 5.39 Å². The van der Waals surface area contributed by atoms with Crippen LogP contribution in [0.5, 0.6) is 0 Å². The summed E-state index contributed by atoms with van der Waals surface area (Å²) in [7, 11) is 0. The number of aromatic nitrogens is 1. The summed E-state index contributed by atoms with van der Waals surface area (Å²) < 4.78 is 1.72. The van der Waals surface area contributed by atoms with Gasteiger partial charge in [0.1, 0.15) is 11.4 Å². The van der Waals surface area contributed by atoms with Crippen LogP contribution in [-0.4, -0.2) is 16.2 Å². The molecule has 0 bridgehead atoms. The Hall–Kier alpha value is -2.94. The Morgan fingerprint density at radius 2 is 1.67 bits per heavy atom. The molecule has 2 heterocycles. The average Bonchev–Trinajstić information content (AvgIpc) is 3.04. The highest BCUT2D eigenvalue weighted by molar-refractivity contribution is 6.51. The van der Waals surface area contributed by atoms with Gasteiger partial charge in [-0.15, -0.1) is 0 Å². The number of Topliss-reactive ketones (excluding diaryl/α,β-unsaturated/α-hetero) is 1. The number of rotatable bonds is 2. The first-order valence-corrected chi connectivity index (χ1v) is 6.80. The van der Waals surface area contributed by atoms with Crippen LogP contribution in [-0.2, 0) is 0 Å². The van der Waals surface area contributed by atoms with E-state index in [1.54, 1.807) is 10.8 Å². The molecule has 0 spiro atoms. The predicted molar refractivity (Wildman–Crippen MR) is 84.6 cm³/mol. The van der Waals surface area contributed by atoms with E-state index in [4.69, 9.17) is 0 Å². The second-order valence-corrected chi connectivity index (χ2v) is 4.96. The molecule has 3 heteroatoms. The molecule has 0 aliphatic carbocycles. The molecule has 0 unspecified atom stereocenters. The Balaban J connectivity index is 1.75. The lowest BCUT2D eigenvalue weighted by Crippen LogP contribution is -2.05. The summed E-state index contributed by atoms with van der Waals surface area (Å²) in [6.45, 7) is 0. The van der Waals surface area contributed by atoms with E-state index in [1.165, 1.54) is 0 Å². The summed E-state index contributed by atoms with van der Waals surface area (Å²) in [5.74, 6) is -0.0293. The number of carbonyl (C=O) groups is 1. The number of allylic oxidation sites excluding steroid dienone is 1. The largest absolute Gasteiger partial charge is 0.285 e. The quantitative estimate of drug-likeness (QED) is 0.699. The third kappa shape index (κ3) is 1.91. The van der Waals surface area contributed by atoms with Crippen molar-refractivity contribution >= 4 is 28.5 Å². The molecular weight excluding hydrogens is 260 g/mol. The number of fused-ring (bicyclic) bond motifs is 3. The molecule has 1 aliphatic rings. The van der Waals surface area contributed by atoms with Crippen molar-refractivity contribution in [3.8, 4) is 0 Å². The van der Waals surface area contributed by atoms with Crippen molar-refractivity contribution in [2.75, 3.05) is 0 Å². The Labute approximate surface area is 121 Å². The molecule has 3 aromatic rings. The summed E-state index contributed by atoms with van der Waals surface area (Å²) in [6, 6.07) is 19.7. The topological polar surface area (TPSA) is 34.4 Å². The van der Waals surface area contributed by atoms with Gasteiger partial charge in [-0.1, -0.05) is 54.6 Å². The fourth-order valence-electron chi connectivity index (χ4n) is 2.54. The summed E-state index contributed by atoms with van der Waals surface area (Å²) in [4.78, 5) is 12.4. The van der Waals surface area contributed by atoms with Crippen LogP contribution < -0.4 is 0 Å². The van der Waals surface area contributed by atoms with Crippen molar-refractivity contribution in [2.24, 2.45) is 5.10 Å². The third-order valence-corrected chi connectivity index (χ3v) is 3.59. The zero-order chi connectivity index (χ0) is 14.2. The fraction of sp³-hybridized carbons (Fsp3) is 0. The minimum atomic E-state index is -0.0293. The van der Waals surface area contributed by atoms with E-state index in [1.807, 2.05) is 66.7 Å². The molecule has 0 atom stereocenters. The molecule has 100 valence electrons. The first-order valence-electron chi connectivity index (χ1n) is 6.80. The number of hydrogen-bond acceptors (Lipinski definition) is 2. The number of hydrogen-bond donors (Lipinski definition) is 0. The van der Waals surface area contributed by atoms with E-state index in [0.29, 0.717) is 11.4 Å². The van der Waals surface area contributed by atoms with Gasteiger partial charge < -0.3 is 0 Å². The lowest BCUT2D eigenvalue weighted by Gasteiger charge is -1.94. The van der Waals surface area contributed by atoms with Gasteiger partial charge in [0.05, 0.1) is 5.52 Å². The molecule has 2 aromatic carbocycles. The Morgan fingerprint density at radius 3 is 2.52 bits per heavy atom. The highest BCUT2D eigenvalue weighted by atomic mass is 16.1. The van der Waals surface area contributed by atoms with Crippen LogP contribution in [0.4, 0.5) is 0 Å². The maximum atomic E-state index is 12.4. The maximum Gasteiger partial charge on any atom is 0.231 e. The average molecular weight is 272 g/mol. The van der Waals surface area contributed by atoms with Crippen LogP contribution in [0.3, 0.4) is 0 Å². The van der Waals surface area contributed by atoms with Gasteiger partial charge in [0.2, 0.25) is 5.78 Å². The standard InChI is InChI=1S/C18H12N2O/c21-18-15(11-10-13-6-2-1-3-7-13)19-20-16-9-5-4-8-14(16)12-17(18)20/h1-12H/b11-10+. The zero-order valence-corrected chi connectivity index (χ0v) is 11.2. The van der Waals surface area contributed by atoms with Crippen molar-refractivity contribution in [3.63, 3.8) is 0 Å². The number of carbonyl (C=O) groups excluding carboxylic acids is 1. The second-order valence-electron chi connectivity index (χ2n) is 4.96. The second kappa shape index (κ2) is 4.56. The SMILES string of the molecule is O=C1C(/C=C/c2ccccc2)=Nn2c1cc1ccccc12. The number of nitrogens with zero attached hydrogens (tertiary/aromatic N) is 2. The number of para-hydroxylation sites is 1. The molecule has 21 heavy (non-hydrogen) atoms. The highest BCUT2D eigenvalue weighted by Crippen LogP contribution is 2.24. The summed E-state index contributed by atoms with van der Waals surface area (Å²) in [6.07, 6.45) is 3.69. The van der Waals surface area contributed by atoms with E-state index in [9.17, 15) is 4.79 Å². The Bertz CT molecular complexity index is 901. The van der Waals surface area contributed by atoms with Gasteiger partial charge in [0.25, 0.3) is 0 Å². The molecule has 0 amide bonds. The van der Waals surface area contributed by atoms with Gasteiger partial charge in [-0.3, -0.25) is 4.79 Å². The number of ketones is 1. The van der Waals surface area contributed by atoms with Gasteiger partial charge in [-0.25, -0.2) is 4.68 Å². The van der Waals surface area contributed by atoms with Crippen LogP contribution in [0.1, 0.15) is 16.1 Å². The first-order chi connectivity index (χ1) is 10.3. The summed E-state index contributed by atoms with van der Waals surface area (Å²) in [5, 5.41) is 5.47. The van der Waals surface area contributed by atoms with Crippen LogP contribution in [0.2, 0.25) is 0 Å². The molecule has 0 N–H and O–H groups in total. The van der Waals surface area contributed by atoms with Crippen molar-refractivity contribution in [3.05, 3.63) is 78.0 Å². The molecule has 0 saturated heterocycles. The lowest BCUT2D eigenvalue weighted by molar-refractivity contribution is 0.106. The van der Waals surface area contributed by atoms with Crippen molar-refractivity contribution in [1.29, 1.82) is 0 Å². The third-order valence-electron chi connectivity index (χ3n) is 3.59. The van der Waals surface area contributed by atoms with Gasteiger partial charge in [-0.2, -0.15) is 5.10 Å². The predicted octanol–water partition coefficient (Wildman–Crippen LogP) is 3.76. The molecule has 0 radical (unpaired) electrons. The minimum Gasteiger partial charge on any atom is -0.285 e. The highest BCUT2D eigenvalue weighted by Gasteiger charge is 2.25. The zero-order valence-electron chi connectivity index (χ0n) is 11.2. The van der Waals surface area contributed by atoms with E-state index in [0.717, 1.165) is 16.5 Å².